The summed E-state index contributed by atoms with van der Waals surface area (Å²) in [4.78, 5) is 25.7. The van der Waals surface area contributed by atoms with Gasteiger partial charge in [-0.1, -0.05) is 43.3 Å². The second kappa shape index (κ2) is 15.4. The van der Waals surface area contributed by atoms with Crippen LogP contribution in [0.3, 0.4) is 0 Å². The Balaban J connectivity index is 1.61. The summed E-state index contributed by atoms with van der Waals surface area (Å²) in [6, 6.07) is 17.7. The first-order valence-corrected chi connectivity index (χ1v) is 13.9. The molecule has 4 N–H and O–H groups in total. The van der Waals surface area contributed by atoms with Gasteiger partial charge in [-0.15, -0.1) is 11.8 Å². The van der Waals surface area contributed by atoms with E-state index in [0.29, 0.717) is 23.4 Å². The summed E-state index contributed by atoms with van der Waals surface area (Å²) >= 11 is 1.38. The molecular weight excluding hydrogens is 520 g/mol. The van der Waals surface area contributed by atoms with Crippen molar-refractivity contribution in [2.75, 3.05) is 19.3 Å². The van der Waals surface area contributed by atoms with Gasteiger partial charge in [-0.25, -0.2) is 8.78 Å². The Morgan fingerprint density at radius 3 is 2.38 bits per heavy atom. The molecule has 0 aliphatic heterocycles. The number of benzene rings is 3. The average Bonchev–Trinajstić information content (AvgIpc) is 2.92. The van der Waals surface area contributed by atoms with Crippen LogP contribution in [0, 0.1) is 11.6 Å². The molecule has 3 rings (SSSR count). The number of thioether (sulfide) groups is 1. The fourth-order valence-electron chi connectivity index (χ4n) is 4.18. The molecule has 0 saturated heterocycles. The van der Waals surface area contributed by atoms with Crippen LogP contribution < -0.4 is 16.0 Å². The predicted molar refractivity (Wildman–Crippen MR) is 151 cm³/mol. The van der Waals surface area contributed by atoms with Crippen molar-refractivity contribution in [2.45, 2.75) is 49.8 Å². The van der Waals surface area contributed by atoms with Crippen molar-refractivity contribution in [3.05, 3.63) is 101 Å². The van der Waals surface area contributed by atoms with Crippen LogP contribution in [0.5, 0.6) is 0 Å². The number of carbonyl (C=O) groups excluding carboxylic acids is 2. The molecular formula is C30H35F2N3O3S. The Bertz CT molecular complexity index is 1240. The minimum Gasteiger partial charge on any atom is -0.390 e. The van der Waals surface area contributed by atoms with E-state index in [-0.39, 0.29) is 31.2 Å². The van der Waals surface area contributed by atoms with Gasteiger partial charge in [0.25, 0.3) is 5.91 Å². The van der Waals surface area contributed by atoms with Gasteiger partial charge in [0.05, 0.1) is 17.7 Å². The number of halogens is 2. The van der Waals surface area contributed by atoms with Crippen LogP contribution in [0.4, 0.5) is 8.78 Å². The van der Waals surface area contributed by atoms with Crippen LogP contribution in [0.15, 0.2) is 71.6 Å². The molecule has 0 saturated carbocycles. The van der Waals surface area contributed by atoms with E-state index in [1.807, 2.05) is 24.3 Å². The first-order valence-electron chi connectivity index (χ1n) is 12.9. The van der Waals surface area contributed by atoms with Crippen molar-refractivity contribution in [1.29, 1.82) is 0 Å². The van der Waals surface area contributed by atoms with E-state index in [2.05, 4.69) is 35.0 Å². The molecule has 9 heteroatoms. The highest BCUT2D eigenvalue weighted by Gasteiger charge is 2.22. The summed E-state index contributed by atoms with van der Waals surface area (Å²) < 4.78 is 27.6. The predicted octanol–water partition coefficient (Wildman–Crippen LogP) is 4.25. The smallest absolute Gasteiger partial charge is 0.252 e. The second-order valence-corrected chi connectivity index (χ2v) is 10.3. The van der Waals surface area contributed by atoms with Crippen molar-refractivity contribution < 1.29 is 23.5 Å². The fraction of sp³-hybridized carbons (Fsp3) is 0.333. The van der Waals surface area contributed by atoms with E-state index in [1.54, 1.807) is 19.2 Å². The number of nitrogens with one attached hydrogen (secondary N) is 3. The summed E-state index contributed by atoms with van der Waals surface area (Å²) in [7, 11) is 1.56. The molecule has 0 fully saturated rings. The third kappa shape index (κ3) is 9.76. The van der Waals surface area contributed by atoms with Crippen molar-refractivity contribution in [1.82, 2.24) is 16.0 Å². The van der Waals surface area contributed by atoms with Gasteiger partial charge in [-0.3, -0.25) is 9.59 Å². The van der Waals surface area contributed by atoms with Crippen LogP contribution in [0.25, 0.3) is 0 Å². The lowest BCUT2D eigenvalue weighted by atomic mass is 10.0. The highest BCUT2D eigenvalue weighted by atomic mass is 32.2. The summed E-state index contributed by atoms with van der Waals surface area (Å²) in [5.41, 5.74) is 3.15. The molecule has 0 aromatic heterocycles. The standard InChI is InChI=1S/C30H35F2N3O3S/c1-3-20-7-6-8-21(13-20)18-34-19-27(36)26(16-22-14-23(31)17-24(32)15-22)35-29(37)11-12-39-28-10-5-4-9-25(28)30(38)33-2/h4-10,13-15,17,26-27,34,36H,3,11-12,16,18-19H2,1-2H3,(H,33,38)(H,35,37)/t26-,27-/m0/s1. The normalized spacial score (nSPS) is 12.5. The largest absolute Gasteiger partial charge is 0.390 e. The summed E-state index contributed by atoms with van der Waals surface area (Å²) in [6.07, 6.45) is 0.104. The van der Waals surface area contributed by atoms with Gasteiger partial charge in [0.15, 0.2) is 0 Å². The Labute approximate surface area is 232 Å². The van der Waals surface area contributed by atoms with Crippen LogP contribution in [0.2, 0.25) is 0 Å². The zero-order valence-electron chi connectivity index (χ0n) is 22.2. The van der Waals surface area contributed by atoms with E-state index in [0.717, 1.165) is 22.9 Å². The molecule has 3 aromatic carbocycles. The van der Waals surface area contributed by atoms with Gasteiger partial charge in [-0.2, -0.15) is 0 Å². The third-order valence-electron chi connectivity index (χ3n) is 6.22. The molecule has 0 spiro atoms. The Hall–Kier alpha value is -3.27. The van der Waals surface area contributed by atoms with Crippen LogP contribution in [0.1, 0.15) is 40.4 Å². The number of aliphatic hydroxyl groups is 1. The highest BCUT2D eigenvalue weighted by molar-refractivity contribution is 7.99. The summed E-state index contributed by atoms with van der Waals surface area (Å²) in [5.74, 6) is -1.55. The molecule has 0 aliphatic carbocycles. The molecule has 0 bridgehead atoms. The van der Waals surface area contributed by atoms with Gasteiger partial charge in [0.1, 0.15) is 11.6 Å². The number of aryl methyl sites for hydroxylation is 1. The van der Waals surface area contributed by atoms with Crippen LogP contribution in [-0.4, -0.2) is 48.4 Å². The summed E-state index contributed by atoms with van der Waals surface area (Å²) in [5, 5.41) is 19.6. The van der Waals surface area contributed by atoms with Crippen molar-refractivity contribution >= 4 is 23.6 Å². The topological polar surface area (TPSA) is 90.5 Å². The van der Waals surface area contributed by atoms with Crippen molar-refractivity contribution in [2.24, 2.45) is 0 Å². The molecule has 2 atom stereocenters. The van der Waals surface area contributed by atoms with E-state index in [1.165, 1.54) is 29.5 Å². The van der Waals surface area contributed by atoms with Gasteiger partial charge in [-0.05, 0) is 53.8 Å². The molecule has 2 amide bonds. The average molecular weight is 556 g/mol. The van der Waals surface area contributed by atoms with Gasteiger partial charge in [0, 0.05) is 43.3 Å². The SMILES string of the molecule is CCc1cccc(CNC[C@H](O)[C@H](Cc2cc(F)cc(F)c2)NC(=O)CCSc2ccccc2C(=O)NC)c1. The molecule has 0 heterocycles. The lowest BCUT2D eigenvalue weighted by Crippen LogP contribution is -2.48. The highest BCUT2D eigenvalue weighted by Crippen LogP contribution is 2.23. The fourth-order valence-corrected chi connectivity index (χ4v) is 5.18. The third-order valence-corrected chi connectivity index (χ3v) is 7.29. The molecule has 6 nitrogen and oxygen atoms in total. The van der Waals surface area contributed by atoms with E-state index in [4.69, 9.17) is 0 Å². The Morgan fingerprint density at radius 2 is 1.67 bits per heavy atom. The minimum atomic E-state index is -1.00. The molecule has 0 unspecified atom stereocenters. The number of hydrogen-bond acceptors (Lipinski definition) is 5. The molecule has 39 heavy (non-hydrogen) atoms. The first-order chi connectivity index (χ1) is 18.8. The Morgan fingerprint density at radius 1 is 0.949 bits per heavy atom. The van der Waals surface area contributed by atoms with Gasteiger partial charge >= 0.3 is 0 Å². The maximum atomic E-state index is 13.8. The van der Waals surface area contributed by atoms with Gasteiger partial charge in [0.2, 0.25) is 5.91 Å². The van der Waals surface area contributed by atoms with E-state index < -0.39 is 23.8 Å². The van der Waals surface area contributed by atoms with Crippen LogP contribution in [-0.2, 0) is 24.2 Å². The molecule has 3 aromatic rings. The molecule has 0 aliphatic rings. The quantitative estimate of drug-likeness (QED) is 0.224. The second-order valence-electron chi connectivity index (χ2n) is 9.20. The Kier molecular flexibility index (Phi) is 11.9. The van der Waals surface area contributed by atoms with Crippen molar-refractivity contribution in [3.63, 3.8) is 0 Å². The lowest BCUT2D eigenvalue weighted by Gasteiger charge is -2.25. The zero-order valence-corrected chi connectivity index (χ0v) is 23.0. The molecule has 0 radical (unpaired) electrons. The number of hydrogen-bond donors (Lipinski definition) is 4. The first kappa shape index (κ1) is 30.3. The van der Waals surface area contributed by atoms with E-state index in [9.17, 15) is 23.5 Å². The lowest BCUT2D eigenvalue weighted by molar-refractivity contribution is -0.122. The maximum absolute atomic E-state index is 13.8. The number of aliphatic hydroxyl groups excluding tert-OH is 1. The minimum absolute atomic E-state index is 0.0568. The number of amides is 2. The zero-order chi connectivity index (χ0) is 28.2. The van der Waals surface area contributed by atoms with E-state index >= 15 is 0 Å². The summed E-state index contributed by atoms with van der Waals surface area (Å²) in [6.45, 7) is 2.78. The number of carbonyl (C=O) groups is 2. The van der Waals surface area contributed by atoms with Crippen LogP contribution >= 0.6 is 11.8 Å². The molecule has 208 valence electrons. The maximum Gasteiger partial charge on any atom is 0.252 e. The monoisotopic (exact) mass is 555 g/mol. The van der Waals surface area contributed by atoms with Crippen molar-refractivity contribution in [3.8, 4) is 0 Å². The van der Waals surface area contributed by atoms with Gasteiger partial charge < -0.3 is 21.1 Å². The number of rotatable bonds is 14.